The largest absolute Gasteiger partial charge is 0.494 e. The van der Waals surface area contributed by atoms with E-state index in [1.54, 1.807) is 0 Å². The fraction of sp³-hybridized carbons (Fsp3) is 0.458. The highest BCUT2D eigenvalue weighted by molar-refractivity contribution is 5.48. The van der Waals surface area contributed by atoms with E-state index < -0.39 is 11.6 Å². The fourth-order valence-electron chi connectivity index (χ4n) is 4.32. The summed E-state index contributed by atoms with van der Waals surface area (Å²) in [7, 11) is 3.24. The molecule has 0 aliphatic carbocycles. The van der Waals surface area contributed by atoms with Crippen LogP contribution in [0, 0.1) is 18.6 Å². The van der Waals surface area contributed by atoms with Gasteiger partial charge in [-0.05, 0) is 32.4 Å². The average Bonchev–Trinajstić information content (AvgIpc) is 3.14. The Morgan fingerprint density at radius 2 is 1.80 bits per heavy atom. The van der Waals surface area contributed by atoms with Gasteiger partial charge in [-0.25, -0.2) is 18.7 Å². The molecule has 1 aliphatic heterocycles. The molecule has 0 spiro atoms. The Hall–Kier alpha value is -3.31. The van der Waals surface area contributed by atoms with Crippen molar-refractivity contribution in [2.24, 2.45) is 7.05 Å². The molecule has 3 heterocycles. The van der Waals surface area contributed by atoms with Crippen LogP contribution in [0.3, 0.4) is 0 Å². The molecule has 2 N–H and O–H groups in total. The zero-order valence-electron chi connectivity index (χ0n) is 20.6. The van der Waals surface area contributed by atoms with Crippen molar-refractivity contribution in [1.82, 2.24) is 30.0 Å². The third-order valence-electron chi connectivity index (χ3n) is 5.91. The molecule has 9 nitrogen and oxygen atoms in total. The number of aromatic nitrogens is 4. The van der Waals surface area contributed by atoms with Gasteiger partial charge in [0.2, 0.25) is 5.95 Å². The summed E-state index contributed by atoms with van der Waals surface area (Å²) in [5, 5.41) is 11.1. The molecule has 0 bridgehead atoms. The molecule has 1 saturated heterocycles. The zero-order valence-corrected chi connectivity index (χ0v) is 20.6. The Balaban J connectivity index is 1.37. The molecule has 0 unspecified atom stereocenters. The number of nitrogens with zero attached hydrogens (tertiary/aromatic N) is 5. The SMILES string of the molecule is COc1cc(C)c(F)c(COc2cnc(Nc3cc(CN4C[C@@H](C)N[C@@H](C)C4)n(C)n3)nc2)c1F. The molecular formula is C24H31F2N7O2. The maximum Gasteiger partial charge on any atom is 0.228 e. The first-order valence-electron chi connectivity index (χ1n) is 11.5. The minimum absolute atomic E-state index is 0.0333. The summed E-state index contributed by atoms with van der Waals surface area (Å²) in [6, 6.07) is 4.17. The van der Waals surface area contributed by atoms with Crippen molar-refractivity contribution in [3.8, 4) is 11.5 Å². The second kappa shape index (κ2) is 10.5. The van der Waals surface area contributed by atoms with E-state index in [-0.39, 0.29) is 29.2 Å². The van der Waals surface area contributed by atoms with E-state index >= 15 is 0 Å². The maximum atomic E-state index is 14.4. The topological polar surface area (TPSA) is 89.4 Å². The lowest BCUT2D eigenvalue weighted by atomic mass is 10.1. The first-order valence-corrected chi connectivity index (χ1v) is 11.5. The van der Waals surface area contributed by atoms with Crippen molar-refractivity contribution in [3.63, 3.8) is 0 Å². The molecule has 35 heavy (non-hydrogen) atoms. The van der Waals surface area contributed by atoms with Crippen molar-refractivity contribution in [3.05, 3.63) is 53.0 Å². The van der Waals surface area contributed by atoms with Crippen LogP contribution in [0.1, 0.15) is 30.7 Å². The van der Waals surface area contributed by atoms with E-state index in [1.807, 2.05) is 17.8 Å². The van der Waals surface area contributed by atoms with Gasteiger partial charge in [0.1, 0.15) is 12.4 Å². The number of ether oxygens (including phenoxy) is 2. The quantitative estimate of drug-likeness (QED) is 0.500. The van der Waals surface area contributed by atoms with Gasteiger partial charge in [0, 0.05) is 44.8 Å². The lowest BCUT2D eigenvalue weighted by Crippen LogP contribution is -2.53. The van der Waals surface area contributed by atoms with Gasteiger partial charge in [0.25, 0.3) is 0 Å². The third kappa shape index (κ3) is 5.85. The summed E-state index contributed by atoms with van der Waals surface area (Å²) < 4.78 is 41.1. The van der Waals surface area contributed by atoms with Crippen LogP contribution in [0.5, 0.6) is 11.5 Å². The van der Waals surface area contributed by atoms with Crippen molar-refractivity contribution < 1.29 is 18.3 Å². The van der Waals surface area contributed by atoms with Crippen LogP contribution in [0.2, 0.25) is 0 Å². The summed E-state index contributed by atoms with van der Waals surface area (Å²) in [4.78, 5) is 10.9. The Bertz CT molecular complexity index is 1160. The van der Waals surface area contributed by atoms with Gasteiger partial charge in [-0.15, -0.1) is 0 Å². The molecule has 1 aromatic carbocycles. The summed E-state index contributed by atoms with van der Waals surface area (Å²) in [5.74, 6) is -0.249. The van der Waals surface area contributed by atoms with Crippen LogP contribution in [0.25, 0.3) is 0 Å². The van der Waals surface area contributed by atoms with Crippen LogP contribution >= 0.6 is 0 Å². The standard InChI is InChI=1S/C24H31F2N7O2/c1-14-6-20(34-5)23(26)19(22(14)25)13-35-18-8-27-24(28-9-18)30-21-7-17(32(4)31-21)12-33-10-15(2)29-16(3)11-33/h6-9,15-16,29H,10-13H2,1-5H3,(H,27,28,30,31)/t15-,16+. The number of benzene rings is 1. The zero-order chi connectivity index (χ0) is 25.1. The monoisotopic (exact) mass is 487 g/mol. The Labute approximate surface area is 203 Å². The van der Waals surface area contributed by atoms with E-state index in [2.05, 4.69) is 44.4 Å². The molecule has 0 amide bonds. The van der Waals surface area contributed by atoms with Crippen LogP contribution in [-0.4, -0.2) is 56.9 Å². The van der Waals surface area contributed by atoms with Crippen molar-refractivity contribution >= 4 is 11.8 Å². The van der Waals surface area contributed by atoms with E-state index in [0.717, 1.165) is 25.3 Å². The van der Waals surface area contributed by atoms with Crippen molar-refractivity contribution in [2.45, 2.75) is 46.0 Å². The molecule has 11 heteroatoms. The molecule has 1 aliphatic rings. The number of halogens is 2. The molecule has 2 atom stereocenters. The number of methoxy groups -OCH3 is 1. The molecule has 3 aromatic rings. The molecule has 1 fully saturated rings. The van der Waals surface area contributed by atoms with Gasteiger partial charge in [-0.2, -0.15) is 5.10 Å². The van der Waals surface area contributed by atoms with Gasteiger partial charge >= 0.3 is 0 Å². The second-order valence-electron chi connectivity index (χ2n) is 8.97. The number of piperazine rings is 1. The predicted molar refractivity (Wildman–Crippen MR) is 128 cm³/mol. The lowest BCUT2D eigenvalue weighted by Gasteiger charge is -2.36. The summed E-state index contributed by atoms with van der Waals surface area (Å²) in [5.41, 5.74) is 1.14. The van der Waals surface area contributed by atoms with Crippen LogP contribution in [0.15, 0.2) is 24.5 Å². The number of nitrogens with one attached hydrogen (secondary N) is 2. The first kappa shape index (κ1) is 24.8. The number of aryl methyl sites for hydroxylation is 2. The first-order chi connectivity index (χ1) is 16.7. The van der Waals surface area contributed by atoms with Crippen LogP contribution in [-0.2, 0) is 20.2 Å². The molecule has 2 aromatic heterocycles. The lowest BCUT2D eigenvalue weighted by molar-refractivity contribution is 0.163. The minimum atomic E-state index is -0.787. The van der Waals surface area contributed by atoms with Gasteiger partial charge < -0.3 is 20.1 Å². The van der Waals surface area contributed by atoms with Gasteiger partial charge in [0.05, 0.1) is 30.8 Å². The Morgan fingerprint density at radius 1 is 1.11 bits per heavy atom. The number of hydrogen-bond acceptors (Lipinski definition) is 8. The van der Waals surface area contributed by atoms with Gasteiger partial charge in [0.15, 0.2) is 23.1 Å². The normalized spacial score (nSPS) is 18.5. The maximum absolute atomic E-state index is 14.4. The van der Waals surface area contributed by atoms with Crippen LogP contribution < -0.4 is 20.1 Å². The predicted octanol–water partition coefficient (Wildman–Crippen LogP) is 3.31. The number of rotatable bonds is 8. The second-order valence-corrected chi connectivity index (χ2v) is 8.97. The smallest absolute Gasteiger partial charge is 0.228 e. The highest BCUT2D eigenvalue weighted by Crippen LogP contribution is 2.27. The van der Waals surface area contributed by atoms with Crippen LogP contribution in [0.4, 0.5) is 20.5 Å². The third-order valence-corrected chi connectivity index (χ3v) is 5.91. The molecular weight excluding hydrogens is 456 g/mol. The average molecular weight is 488 g/mol. The minimum Gasteiger partial charge on any atom is -0.494 e. The Kier molecular flexibility index (Phi) is 7.46. The van der Waals surface area contributed by atoms with E-state index in [4.69, 9.17) is 9.47 Å². The van der Waals surface area contributed by atoms with Gasteiger partial charge in [-0.3, -0.25) is 9.58 Å². The summed E-state index contributed by atoms with van der Waals surface area (Å²) in [6.45, 7) is 8.35. The van der Waals surface area contributed by atoms with E-state index in [9.17, 15) is 8.78 Å². The van der Waals surface area contributed by atoms with Crippen molar-refractivity contribution in [1.29, 1.82) is 0 Å². The van der Waals surface area contributed by atoms with Gasteiger partial charge in [-0.1, -0.05) is 0 Å². The Morgan fingerprint density at radius 3 is 2.46 bits per heavy atom. The van der Waals surface area contributed by atoms with E-state index in [1.165, 1.54) is 32.5 Å². The number of anilines is 2. The number of hydrogen-bond donors (Lipinski definition) is 2. The fourth-order valence-corrected chi connectivity index (χ4v) is 4.32. The summed E-state index contributed by atoms with van der Waals surface area (Å²) >= 11 is 0. The molecule has 188 valence electrons. The van der Waals surface area contributed by atoms with Crippen molar-refractivity contribution in [2.75, 3.05) is 25.5 Å². The highest BCUT2D eigenvalue weighted by atomic mass is 19.1. The highest BCUT2D eigenvalue weighted by Gasteiger charge is 2.22. The molecule has 0 saturated carbocycles. The van der Waals surface area contributed by atoms with E-state index in [0.29, 0.717) is 23.8 Å². The summed E-state index contributed by atoms with van der Waals surface area (Å²) in [6.07, 6.45) is 2.87. The molecule has 0 radical (unpaired) electrons. The molecule has 4 rings (SSSR count).